The number of nitrogens with zero attached hydrogens (tertiary/aromatic N) is 1. The highest BCUT2D eigenvalue weighted by molar-refractivity contribution is 5.59. The molecule has 0 unspecified atom stereocenters. The van der Waals surface area contributed by atoms with E-state index in [1.807, 2.05) is 0 Å². The molecule has 19 heavy (non-hydrogen) atoms. The fourth-order valence-electron chi connectivity index (χ4n) is 1.86. The Morgan fingerprint density at radius 3 is 3.05 bits per heavy atom. The molecule has 2 aromatic rings. The average molecular weight is 262 g/mol. The molecule has 1 aromatic heterocycles. The number of benzene rings is 1. The molecule has 1 heterocycles. The first-order valence-electron chi connectivity index (χ1n) is 6.28. The van der Waals surface area contributed by atoms with Gasteiger partial charge in [-0.25, -0.2) is 9.37 Å². The zero-order valence-electron chi connectivity index (χ0n) is 10.6. The van der Waals surface area contributed by atoms with E-state index < -0.39 is 0 Å². The summed E-state index contributed by atoms with van der Waals surface area (Å²) in [6.07, 6.45) is 4.10. The SMILES string of the molecule is COc1cc(-c2cnc(CNC3CC3)o2)ccc1F. The van der Waals surface area contributed by atoms with Crippen LogP contribution in [0.4, 0.5) is 4.39 Å². The van der Waals surface area contributed by atoms with Gasteiger partial charge in [-0.2, -0.15) is 0 Å². The van der Waals surface area contributed by atoms with E-state index in [9.17, 15) is 4.39 Å². The molecule has 0 aliphatic heterocycles. The van der Waals surface area contributed by atoms with Gasteiger partial charge in [0.05, 0.1) is 19.9 Å². The van der Waals surface area contributed by atoms with Gasteiger partial charge >= 0.3 is 0 Å². The van der Waals surface area contributed by atoms with Gasteiger partial charge in [0.15, 0.2) is 17.3 Å². The van der Waals surface area contributed by atoms with Crippen molar-refractivity contribution in [2.45, 2.75) is 25.4 Å². The van der Waals surface area contributed by atoms with Gasteiger partial charge in [-0.15, -0.1) is 0 Å². The van der Waals surface area contributed by atoms with Gasteiger partial charge in [0, 0.05) is 11.6 Å². The van der Waals surface area contributed by atoms with E-state index in [0.29, 0.717) is 24.2 Å². The maximum absolute atomic E-state index is 13.3. The number of hydrogen-bond acceptors (Lipinski definition) is 4. The van der Waals surface area contributed by atoms with E-state index in [1.165, 1.54) is 26.0 Å². The number of aromatic nitrogens is 1. The Morgan fingerprint density at radius 1 is 1.47 bits per heavy atom. The molecule has 1 N–H and O–H groups in total. The zero-order valence-corrected chi connectivity index (χ0v) is 10.6. The highest BCUT2D eigenvalue weighted by Crippen LogP contribution is 2.27. The summed E-state index contributed by atoms with van der Waals surface area (Å²) in [5, 5.41) is 3.33. The minimum Gasteiger partial charge on any atom is -0.494 e. The summed E-state index contributed by atoms with van der Waals surface area (Å²) in [7, 11) is 1.44. The zero-order chi connectivity index (χ0) is 13.2. The van der Waals surface area contributed by atoms with E-state index in [0.717, 1.165) is 5.56 Å². The lowest BCUT2D eigenvalue weighted by atomic mass is 10.2. The minimum atomic E-state index is -0.388. The van der Waals surface area contributed by atoms with Gasteiger partial charge in [0.25, 0.3) is 0 Å². The third kappa shape index (κ3) is 2.76. The summed E-state index contributed by atoms with van der Waals surface area (Å²) in [5.41, 5.74) is 0.753. The molecular weight excluding hydrogens is 247 g/mol. The lowest BCUT2D eigenvalue weighted by Crippen LogP contribution is -2.15. The Labute approximate surface area is 110 Å². The molecule has 1 aliphatic carbocycles. The predicted molar refractivity (Wildman–Crippen MR) is 68.3 cm³/mol. The first-order valence-corrected chi connectivity index (χ1v) is 6.28. The summed E-state index contributed by atoms with van der Waals surface area (Å²) in [5.74, 6) is 1.07. The molecule has 3 rings (SSSR count). The van der Waals surface area contributed by atoms with E-state index in [2.05, 4.69) is 10.3 Å². The first-order chi connectivity index (χ1) is 9.26. The quantitative estimate of drug-likeness (QED) is 0.900. The summed E-state index contributed by atoms with van der Waals surface area (Å²) in [4.78, 5) is 4.21. The lowest BCUT2D eigenvalue weighted by Gasteiger charge is -2.03. The Balaban J connectivity index is 1.77. The van der Waals surface area contributed by atoms with Crippen LogP contribution in [0.1, 0.15) is 18.7 Å². The van der Waals surface area contributed by atoms with Gasteiger partial charge in [-0.1, -0.05) is 0 Å². The standard InChI is InChI=1S/C14H15FN2O2/c1-18-12-6-9(2-5-11(12)15)13-7-17-14(19-13)8-16-10-3-4-10/h2,5-7,10,16H,3-4,8H2,1H3. The molecule has 5 heteroatoms. The van der Waals surface area contributed by atoms with E-state index in [4.69, 9.17) is 9.15 Å². The summed E-state index contributed by atoms with van der Waals surface area (Å²) in [6.45, 7) is 0.628. The van der Waals surface area contributed by atoms with Crippen molar-refractivity contribution in [3.8, 4) is 17.1 Å². The second-order valence-corrected chi connectivity index (χ2v) is 4.62. The largest absolute Gasteiger partial charge is 0.494 e. The number of nitrogens with one attached hydrogen (secondary N) is 1. The molecule has 0 saturated heterocycles. The Morgan fingerprint density at radius 2 is 2.32 bits per heavy atom. The highest BCUT2D eigenvalue weighted by atomic mass is 19.1. The van der Waals surface area contributed by atoms with Crippen LogP contribution in [0, 0.1) is 5.82 Å². The monoisotopic (exact) mass is 262 g/mol. The third-order valence-corrected chi connectivity index (χ3v) is 3.11. The Hall–Kier alpha value is -1.88. The van der Waals surface area contributed by atoms with Crippen molar-refractivity contribution >= 4 is 0 Å². The number of ether oxygens (including phenoxy) is 1. The number of oxazole rings is 1. The molecule has 0 atom stereocenters. The van der Waals surface area contributed by atoms with Crippen molar-refractivity contribution in [3.05, 3.63) is 36.1 Å². The fourth-order valence-corrected chi connectivity index (χ4v) is 1.86. The Bertz CT molecular complexity index is 579. The van der Waals surface area contributed by atoms with Crippen molar-refractivity contribution in [2.24, 2.45) is 0 Å². The topological polar surface area (TPSA) is 47.3 Å². The maximum Gasteiger partial charge on any atom is 0.208 e. The van der Waals surface area contributed by atoms with Crippen molar-refractivity contribution in [1.82, 2.24) is 10.3 Å². The molecular formula is C14H15FN2O2. The van der Waals surface area contributed by atoms with Crippen LogP contribution in [0.5, 0.6) is 5.75 Å². The average Bonchev–Trinajstić information content (AvgIpc) is 3.14. The van der Waals surface area contributed by atoms with Crippen LogP contribution in [0.2, 0.25) is 0 Å². The molecule has 100 valence electrons. The fraction of sp³-hybridized carbons (Fsp3) is 0.357. The minimum absolute atomic E-state index is 0.201. The Kier molecular flexibility index (Phi) is 3.21. The smallest absolute Gasteiger partial charge is 0.208 e. The molecule has 0 radical (unpaired) electrons. The molecule has 0 amide bonds. The summed E-state index contributed by atoms with van der Waals surface area (Å²) >= 11 is 0. The third-order valence-electron chi connectivity index (χ3n) is 3.11. The van der Waals surface area contributed by atoms with Crippen molar-refractivity contribution in [2.75, 3.05) is 7.11 Å². The van der Waals surface area contributed by atoms with Crippen LogP contribution >= 0.6 is 0 Å². The number of hydrogen-bond donors (Lipinski definition) is 1. The van der Waals surface area contributed by atoms with E-state index in [1.54, 1.807) is 18.3 Å². The van der Waals surface area contributed by atoms with Crippen molar-refractivity contribution < 1.29 is 13.5 Å². The molecule has 1 saturated carbocycles. The second-order valence-electron chi connectivity index (χ2n) is 4.62. The van der Waals surface area contributed by atoms with Crippen molar-refractivity contribution in [3.63, 3.8) is 0 Å². The van der Waals surface area contributed by atoms with Gasteiger partial charge in [0.2, 0.25) is 5.89 Å². The van der Waals surface area contributed by atoms with E-state index in [-0.39, 0.29) is 11.6 Å². The highest BCUT2D eigenvalue weighted by Gasteiger charge is 2.21. The van der Waals surface area contributed by atoms with E-state index >= 15 is 0 Å². The van der Waals surface area contributed by atoms with Crippen LogP contribution in [-0.2, 0) is 6.54 Å². The molecule has 1 aliphatic rings. The van der Waals surface area contributed by atoms with Gasteiger partial charge in [-0.3, -0.25) is 0 Å². The van der Waals surface area contributed by atoms with Gasteiger partial charge < -0.3 is 14.5 Å². The van der Waals surface area contributed by atoms with Crippen LogP contribution in [0.3, 0.4) is 0 Å². The predicted octanol–water partition coefficient (Wildman–Crippen LogP) is 2.74. The number of halogens is 1. The molecule has 0 spiro atoms. The molecule has 0 bridgehead atoms. The first kappa shape index (κ1) is 12.2. The molecule has 1 aromatic carbocycles. The maximum atomic E-state index is 13.3. The van der Waals surface area contributed by atoms with Crippen LogP contribution < -0.4 is 10.1 Å². The second kappa shape index (κ2) is 5.01. The van der Waals surface area contributed by atoms with Gasteiger partial charge in [0.1, 0.15) is 0 Å². The summed E-state index contributed by atoms with van der Waals surface area (Å²) in [6, 6.07) is 5.23. The summed E-state index contributed by atoms with van der Waals surface area (Å²) < 4.78 is 23.9. The van der Waals surface area contributed by atoms with Crippen LogP contribution in [0.25, 0.3) is 11.3 Å². The molecule has 1 fully saturated rings. The van der Waals surface area contributed by atoms with Gasteiger partial charge in [-0.05, 0) is 31.0 Å². The van der Waals surface area contributed by atoms with Crippen molar-refractivity contribution in [1.29, 1.82) is 0 Å². The van der Waals surface area contributed by atoms with Crippen LogP contribution in [-0.4, -0.2) is 18.1 Å². The normalized spacial score (nSPS) is 14.6. The number of methoxy groups -OCH3 is 1. The lowest BCUT2D eigenvalue weighted by molar-refractivity contribution is 0.386. The number of rotatable bonds is 5. The van der Waals surface area contributed by atoms with Crippen LogP contribution in [0.15, 0.2) is 28.8 Å². The molecule has 4 nitrogen and oxygen atoms in total.